The molecule has 2 heterocycles. The minimum atomic E-state index is -9.70. The van der Waals surface area contributed by atoms with Crippen molar-refractivity contribution in [2.45, 2.75) is 14.8 Å². The summed E-state index contributed by atoms with van der Waals surface area (Å²) in [5.41, 5.74) is 0.900. The van der Waals surface area contributed by atoms with Crippen molar-refractivity contribution in [1.82, 2.24) is 19.9 Å². The molecule has 1 aromatic carbocycles. The molecule has 12 heteroatoms. The second kappa shape index (κ2) is 6.02. The smallest absolute Gasteiger partial charge is 0.316 e. The summed E-state index contributed by atoms with van der Waals surface area (Å²) < 4.78 is 68.9. The van der Waals surface area contributed by atoms with Gasteiger partial charge in [-0.05, 0) is 24.3 Å². The summed E-state index contributed by atoms with van der Waals surface area (Å²) in [6.45, 7) is 0. The summed E-state index contributed by atoms with van der Waals surface area (Å²) >= 11 is 0.977. The number of halogens is 5. The quantitative estimate of drug-likeness (QED) is 0.488. The van der Waals surface area contributed by atoms with Gasteiger partial charge in [-0.25, -0.2) is 15.0 Å². The molecule has 144 valence electrons. The second-order valence-corrected chi connectivity index (χ2v) is 8.68. The number of hydrogen-bond acceptors (Lipinski definition) is 6. The first kappa shape index (κ1) is 19.3. The Labute approximate surface area is 154 Å². The van der Waals surface area contributed by atoms with Crippen LogP contribution in [0.2, 0.25) is 0 Å². The molecule has 0 amide bonds. The Morgan fingerprint density at radius 2 is 1.44 bits per heavy atom. The van der Waals surface area contributed by atoms with Gasteiger partial charge in [0, 0.05) is 35.2 Å². The van der Waals surface area contributed by atoms with Crippen LogP contribution in [0.5, 0.6) is 6.01 Å². The molecule has 0 N–H and O–H groups in total. The van der Waals surface area contributed by atoms with Gasteiger partial charge in [-0.1, -0.05) is 31.2 Å². The van der Waals surface area contributed by atoms with Crippen molar-refractivity contribution < 1.29 is 24.2 Å². The molecule has 0 spiro atoms. The van der Waals surface area contributed by atoms with E-state index < -0.39 is 15.1 Å². The largest absolute Gasteiger partial charge is 0.467 e. The van der Waals surface area contributed by atoms with Crippen LogP contribution in [-0.4, -0.2) is 27.0 Å². The number of nitrogens with zero attached hydrogens (tertiary/aromatic N) is 4. The molecule has 0 radical (unpaired) electrons. The van der Waals surface area contributed by atoms with E-state index in [9.17, 15) is 19.4 Å². The van der Waals surface area contributed by atoms with Crippen molar-refractivity contribution in [2.75, 3.05) is 7.11 Å². The van der Waals surface area contributed by atoms with Crippen LogP contribution in [-0.2, 0) is 0 Å². The Hall–Kier alpha value is -2.47. The summed E-state index contributed by atoms with van der Waals surface area (Å²) in [6, 6.07) is 2.79. The van der Waals surface area contributed by atoms with E-state index in [-0.39, 0.29) is 10.9 Å². The Bertz CT molecular complexity index is 967. The first-order valence-electron chi connectivity index (χ1n) is 7.16. The zero-order chi connectivity index (χ0) is 19.8. The van der Waals surface area contributed by atoms with Crippen LogP contribution in [0, 0.1) is 0 Å². The standard InChI is InChI=1S/C15H11F5N4OS2/c1-25-15-23-8-10(9-24-15)13-14(22-7-6-21-13)26-11-2-4-12(5-3-11)27(16,17,18,19)20/h2-9H,1H3. The van der Waals surface area contributed by atoms with E-state index >= 15 is 0 Å². The van der Waals surface area contributed by atoms with Crippen LogP contribution in [0.1, 0.15) is 0 Å². The van der Waals surface area contributed by atoms with Crippen molar-refractivity contribution in [3.8, 4) is 17.3 Å². The number of hydrogen-bond donors (Lipinski definition) is 0. The number of rotatable bonds is 5. The van der Waals surface area contributed by atoms with Crippen LogP contribution in [0.3, 0.4) is 0 Å². The fourth-order valence-electron chi connectivity index (χ4n) is 2.02. The van der Waals surface area contributed by atoms with Crippen LogP contribution < -0.4 is 4.74 Å². The lowest BCUT2D eigenvalue weighted by Gasteiger charge is -2.40. The molecule has 0 atom stereocenters. The lowest BCUT2D eigenvalue weighted by molar-refractivity contribution is 0.364. The molecule has 5 nitrogen and oxygen atoms in total. The number of methoxy groups -OCH3 is 1. The summed E-state index contributed by atoms with van der Waals surface area (Å²) in [7, 11) is -8.28. The van der Waals surface area contributed by atoms with E-state index in [1.54, 1.807) is 0 Å². The summed E-state index contributed by atoms with van der Waals surface area (Å²) in [5, 5.41) is 0.353. The number of ether oxygens (including phenoxy) is 1. The van der Waals surface area contributed by atoms with Gasteiger partial charge < -0.3 is 4.74 Å². The Morgan fingerprint density at radius 3 is 2.00 bits per heavy atom. The van der Waals surface area contributed by atoms with Crippen LogP contribution in [0.4, 0.5) is 19.4 Å². The topological polar surface area (TPSA) is 60.8 Å². The Kier molecular flexibility index (Phi) is 4.30. The molecule has 0 aliphatic heterocycles. The lowest BCUT2D eigenvalue weighted by atomic mass is 10.2. The van der Waals surface area contributed by atoms with Crippen molar-refractivity contribution in [3.63, 3.8) is 0 Å². The van der Waals surface area contributed by atoms with E-state index in [1.807, 2.05) is 0 Å². The van der Waals surface area contributed by atoms with Crippen LogP contribution >= 0.6 is 22.0 Å². The highest BCUT2D eigenvalue weighted by atomic mass is 32.5. The highest BCUT2D eigenvalue weighted by molar-refractivity contribution is 8.45. The third-order valence-electron chi connectivity index (χ3n) is 3.23. The van der Waals surface area contributed by atoms with Gasteiger partial charge in [0.25, 0.3) is 0 Å². The summed E-state index contributed by atoms with van der Waals surface area (Å²) in [4.78, 5) is 14.6. The minimum absolute atomic E-state index is 0.156. The van der Waals surface area contributed by atoms with Gasteiger partial charge in [0.1, 0.15) is 15.6 Å². The molecule has 0 aliphatic carbocycles. The molecule has 0 aliphatic rings. The highest BCUT2D eigenvalue weighted by Crippen LogP contribution is 3.02. The molecule has 2 aromatic heterocycles. The Balaban J connectivity index is 1.91. The van der Waals surface area contributed by atoms with Gasteiger partial charge in [0.15, 0.2) is 0 Å². The number of aromatic nitrogens is 4. The van der Waals surface area contributed by atoms with Gasteiger partial charge in [-0.2, -0.15) is 0 Å². The maximum Gasteiger partial charge on any atom is 0.316 e. The molecule has 0 unspecified atom stereocenters. The minimum Gasteiger partial charge on any atom is -0.467 e. The maximum atomic E-state index is 12.8. The van der Waals surface area contributed by atoms with Gasteiger partial charge >= 0.3 is 16.2 Å². The highest BCUT2D eigenvalue weighted by Gasteiger charge is 2.65. The third kappa shape index (κ3) is 4.63. The van der Waals surface area contributed by atoms with Crippen LogP contribution in [0.15, 0.2) is 63.9 Å². The van der Waals surface area contributed by atoms with Crippen LogP contribution in [0.25, 0.3) is 11.3 Å². The second-order valence-electron chi connectivity index (χ2n) is 5.21. The van der Waals surface area contributed by atoms with Crippen molar-refractivity contribution in [3.05, 3.63) is 49.1 Å². The molecule has 27 heavy (non-hydrogen) atoms. The predicted octanol–water partition coefficient (Wildman–Crippen LogP) is 5.75. The molecule has 0 saturated heterocycles. The molecule has 0 saturated carbocycles. The van der Waals surface area contributed by atoms with Crippen molar-refractivity contribution in [1.29, 1.82) is 0 Å². The molecular weight excluding hydrogens is 411 g/mol. The lowest BCUT2D eigenvalue weighted by Crippen LogP contribution is -2.05. The van der Waals surface area contributed by atoms with E-state index in [0.717, 1.165) is 23.9 Å². The van der Waals surface area contributed by atoms with Gasteiger partial charge in [0.05, 0.1) is 7.11 Å². The molecule has 3 rings (SSSR count). The van der Waals surface area contributed by atoms with Crippen molar-refractivity contribution >= 4 is 22.0 Å². The normalized spacial score (nSPS) is 14.3. The van der Waals surface area contributed by atoms with Gasteiger partial charge in [0.2, 0.25) is 0 Å². The molecule has 3 aromatic rings. The van der Waals surface area contributed by atoms with Gasteiger partial charge in [-0.3, -0.25) is 4.98 Å². The molecule has 0 bridgehead atoms. The van der Waals surface area contributed by atoms with E-state index in [1.165, 1.54) is 31.9 Å². The summed E-state index contributed by atoms with van der Waals surface area (Å²) in [6.07, 6.45) is 5.74. The fourth-order valence-corrected chi connectivity index (χ4v) is 3.54. The van der Waals surface area contributed by atoms with E-state index in [0.29, 0.717) is 28.4 Å². The summed E-state index contributed by atoms with van der Waals surface area (Å²) in [5.74, 6) is 0. The predicted molar refractivity (Wildman–Crippen MR) is 91.6 cm³/mol. The molecule has 0 fully saturated rings. The average Bonchev–Trinajstić information content (AvgIpc) is 2.61. The zero-order valence-electron chi connectivity index (χ0n) is 13.5. The van der Waals surface area contributed by atoms with E-state index in [4.69, 9.17) is 4.74 Å². The monoisotopic (exact) mass is 422 g/mol. The number of benzene rings is 1. The third-order valence-corrected chi connectivity index (χ3v) is 5.40. The molecular formula is C15H11F5N4OS2. The van der Waals surface area contributed by atoms with Gasteiger partial charge in [-0.15, -0.1) is 0 Å². The maximum absolute atomic E-state index is 12.8. The average molecular weight is 422 g/mol. The first-order valence-corrected chi connectivity index (χ1v) is 9.92. The zero-order valence-corrected chi connectivity index (χ0v) is 15.2. The SMILES string of the molecule is COc1ncc(-c2nccnc2Sc2ccc(S(F)(F)(F)(F)F)cc2)cn1. The Morgan fingerprint density at radius 1 is 0.852 bits per heavy atom. The van der Waals surface area contributed by atoms with E-state index in [2.05, 4.69) is 19.9 Å². The fraction of sp³-hybridized carbons (Fsp3) is 0.0667. The first-order chi connectivity index (χ1) is 12.5. The van der Waals surface area contributed by atoms with Crippen molar-refractivity contribution in [2.24, 2.45) is 0 Å².